The normalized spacial score (nSPS) is 10.3. The molecule has 0 aliphatic heterocycles. The highest BCUT2D eigenvalue weighted by Crippen LogP contribution is 2.24. The second-order valence-corrected chi connectivity index (χ2v) is 6.13. The van der Waals surface area contributed by atoms with Gasteiger partial charge in [-0.2, -0.15) is 0 Å². The maximum Gasteiger partial charge on any atom is 0.255 e. The molecule has 0 fully saturated rings. The van der Waals surface area contributed by atoms with Gasteiger partial charge in [0, 0.05) is 15.9 Å². The number of methoxy groups -OCH3 is 1. The molecule has 0 saturated carbocycles. The number of benzene rings is 1. The minimum atomic E-state index is 0.00618. The maximum atomic E-state index is 12.6. The summed E-state index contributed by atoms with van der Waals surface area (Å²) < 4.78 is 5.97. The molecule has 20 heavy (non-hydrogen) atoms. The fourth-order valence-corrected chi connectivity index (χ4v) is 3.02. The van der Waals surface area contributed by atoms with Gasteiger partial charge in [-0.1, -0.05) is 6.07 Å². The Morgan fingerprint density at radius 1 is 1.40 bits per heavy atom. The van der Waals surface area contributed by atoms with E-state index >= 15 is 0 Å². The topological polar surface area (TPSA) is 29.5 Å². The number of thiophene rings is 1. The zero-order chi connectivity index (χ0) is 14.5. The zero-order valence-electron chi connectivity index (χ0n) is 11.4. The highest BCUT2D eigenvalue weighted by Gasteiger charge is 2.18. The predicted octanol–water partition coefficient (Wildman–Crippen LogP) is 4.18. The molecule has 1 amide bonds. The largest absolute Gasteiger partial charge is 0.497 e. The van der Waals surface area contributed by atoms with Crippen molar-refractivity contribution in [1.82, 2.24) is 4.90 Å². The standard InChI is InChI=1S/C15H16BrNO2S/c1-3-17(10-12-5-4-8-20-12)15(18)13-9-11(19-2)6-7-14(13)16/h4-9H,3,10H2,1-2H3. The van der Waals surface area contributed by atoms with Gasteiger partial charge in [-0.3, -0.25) is 4.79 Å². The van der Waals surface area contributed by atoms with E-state index in [9.17, 15) is 4.79 Å². The lowest BCUT2D eigenvalue weighted by Crippen LogP contribution is -2.30. The zero-order valence-corrected chi connectivity index (χ0v) is 13.8. The number of carbonyl (C=O) groups excluding carboxylic acids is 1. The molecule has 3 nitrogen and oxygen atoms in total. The second kappa shape index (κ2) is 6.90. The fourth-order valence-electron chi connectivity index (χ4n) is 1.88. The average molecular weight is 354 g/mol. The van der Waals surface area contributed by atoms with Crippen LogP contribution in [0.4, 0.5) is 0 Å². The molecule has 1 aromatic heterocycles. The molecule has 2 rings (SSSR count). The Kier molecular flexibility index (Phi) is 5.20. The Labute approximate surface area is 131 Å². The summed E-state index contributed by atoms with van der Waals surface area (Å²) in [6.07, 6.45) is 0. The van der Waals surface area contributed by atoms with E-state index in [1.54, 1.807) is 24.5 Å². The van der Waals surface area contributed by atoms with E-state index < -0.39 is 0 Å². The monoisotopic (exact) mass is 353 g/mol. The van der Waals surface area contributed by atoms with E-state index in [-0.39, 0.29) is 5.91 Å². The lowest BCUT2D eigenvalue weighted by Gasteiger charge is -2.21. The van der Waals surface area contributed by atoms with Crippen molar-refractivity contribution in [3.63, 3.8) is 0 Å². The first-order valence-corrected chi connectivity index (χ1v) is 7.98. The van der Waals surface area contributed by atoms with E-state index in [1.165, 1.54) is 4.88 Å². The second-order valence-electron chi connectivity index (χ2n) is 4.24. The van der Waals surface area contributed by atoms with E-state index in [4.69, 9.17) is 4.74 Å². The molecule has 0 unspecified atom stereocenters. The summed E-state index contributed by atoms with van der Waals surface area (Å²) in [5.74, 6) is 0.690. The molecule has 0 saturated heterocycles. The van der Waals surface area contributed by atoms with Crippen LogP contribution >= 0.6 is 27.3 Å². The fraction of sp³-hybridized carbons (Fsp3) is 0.267. The maximum absolute atomic E-state index is 12.6. The highest BCUT2D eigenvalue weighted by molar-refractivity contribution is 9.10. The van der Waals surface area contributed by atoms with Crippen molar-refractivity contribution in [1.29, 1.82) is 0 Å². The average Bonchev–Trinajstić information content (AvgIpc) is 2.97. The summed E-state index contributed by atoms with van der Waals surface area (Å²) in [5.41, 5.74) is 0.628. The molecule has 0 N–H and O–H groups in total. The van der Waals surface area contributed by atoms with Crippen molar-refractivity contribution in [2.45, 2.75) is 13.5 Å². The molecular weight excluding hydrogens is 338 g/mol. The van der Waals surface area contributed by atoms with Gasteiger partial charge in [0.25, 0.3) is 5.91 Å². The van der Waals surface area contributed by atoms with Crippen molar-refractivity contribution in [2.75, 3.05) is 13.7 Å². The molecule has 0 aliphatic carbocycles. The molecule has 0 bridgehead atoms. The third kappa shape index (κ3) is 3.41. The SMILES string of the molecule is CCN(Cc1cccs1)C(=O)c1cc(OC)ccc1Br. The Morgan fingerprint density at radius 2 is 2.20 bits per heavy atom. The van der Waals surface area contributed by atoms with Gasteiger partial charge >= 0.3 is 0 Å². The number of nitrogens with zero attached hydrogens (tertiary/aromatic N) is 1. The lowest BCUT2D eigenvalue weighted by molar-refractivity contribution is 0.0753. The van der Waals surface area contributed by atoms with Crippen LogP contribution in [-0.2, 0) is 6.54 Å². The number of carbonyl (C=O) groups is 1. The van der Waals surface area contributed by atoms with Gasteiger partial charge in [0.2, 0.25) is 0 Å². The first kappa shape index (κ1) is 15.1. The number of amides is 1. The number of ether oxygens (including phenoxy) is 1. The van der Waals surface area contributed by atoms with Crippen molar-refractivity contribution in [3.8, 4) is 5.75 Å². The molecule has 0 spiro atoms. The first-order valence-electron chi connectivity index (χ1n) is 6.31. The van der Waals surface area contributed by atoms with Gasteiger partial charge in [0.05, 0.1) is 19.2 Å². The van der Waals surface area contributed by atoms with Gasteiger partial charge < -0.3 is 9.64 Å². The molecule has 5 heteroatoms. The third-order valence-corrected chi connectivity index (χ3v) is 4.55. The number of hydrogen-bond acceptors (Lipinski definition) is 3. The van der Waals surface area contributed by atoms with Crippen LogP contribution in [0.3, 0.4) is 0 Å². The van der Waals surface area contributed by atoms with Crippen LogP contribution in [0.5, 0.6) is 5.75 Å². The summed E-state index contributed by atoms with van der Waals surface area (Å²) in [5, 5.41) is 2.02. The molecule has 1 heterocycles. The molecule has 106 valence electrons. The lowest BCUT2D eigenvalue weighted by atomic mass is 10.2. The van der Waals surface area contributed by atoms with E-state index in [0.29, 0.717) is 24.4 Å². The van der Waals surface area contributed by atoms with Crippen molar-refractivity contribution in [2.24, 2.45) is 0 Å². The summed E-state index contributed by atoms with van der Waals surface area (Å²) in [4.78, 5) is 15.6. The highest BCUT2D eigenvalue weighted by atomic mass is 79.9. The van der Waals surface area contributed by atoms with Gasteiger partial charge in [-0.05, 0) is 52.5 Å². The minimum Gasteiger partial charge on any atom is -0.497 e. The first-order chi connectivity index (χ1) is 9.65. The molecule has 0 radical (unpaired) electrons. The van der Waals surface area contributed by atoms with Crippen LogP contribution in [0.15, 0.2) is 40.2 Å². The molecule has 2 aromatic rings. The Hall–Kier alpha value is -1.33. The number of hydrogen-bond donors (Lipinski definition) is 0. The Bertz CT molecular complexity index is 584. The number of rotatable bonds is 5. The van der Waals surface area contributed by atoms with E-state index in [1.807, 2.05) is 41.5 Å². The Morgan fingerprint density at radius 3 is 2.80 bits per heavy atom. The molecular formula is C15H16BrNO2S. The van der Waals surface area contributed by atoms with Crippen LogP contribution in [0.1, 0.15) is 22.2 Å². The van der Waals surface area contributed by atoms with Gasteiger partial charge in [-0.25, -0.2) is 0 Å². The van der Waals surface area contributed by atoms with Crippen LogP contribution in [0, 0.1) is 0 Å². The number of halogens is 1. The van der Waals surface area contributed by atoms with Gasteiger partial charge in [-0.15, -0.1) is 11.3 Å². The molecule has 0 atom stereocenters. The summed E-state index contributed by atoms with van der Waals surface area (Å²) in [6.45, 7) is 3.29. The van der Waals surface area contributed by atoms with Gasteiger partial charge in [0.1, 0.15) is 5.75 Å². The predicted molar refractivity (Wildman–Crippen MR) is 85.4 cm³/mol. The van der Waals surface area contributed by atoms with Crippen LogP contribution < -0.4 is 4.74 Å². The summed E-state index contributed by atoms with van der Waals surface area (Å²) in [6, 6.07) is 9.48. The summed E-state index contributed by atoms with van der Waals surface area (Å²) in [7, 11) is 1.60. The molecule has 0 aliphatic rings. The smallest absolute Gasteiger partial charge is 0.255 e. The Balaban J connectivity index is 2.23. The third-order valence-electron chi connectivity index (χ3n) is 3.00. The van der Waals surface area contributed by atoms with Crippen molar-refractivity contribution >= 4 is 33.2 Å². The van der Waals surface area contributed by atoms with E-state index in [2.05, 4.69) is 15.9 Å². The van der Waals surface area contributed by atoms with E-state index in [0.717, 1.165) is 4.47 Å². The molecule has 1 aromatic carbocycles. The van der Waals surface area contributed by atoms with Crippen LogP contribution in [0.25, 0.3) is 0 Å². The van der Waals surface area contributed by atoms with Crippen molar-refractivity contribution in [3.05, 3.63) is 50.6 Å². The minimum absolute atomic E-state index is 0.00618. The van der Waals surface area contributed by atoms with Crippen LogP contribution in [-0.4, -0.2) is 24.5 Å². The quantitative estimate of drug-likeness (QED) is 0.806. The van der Waals surface area contributed by atoms with Crippen LogP contribution in [0.2, 0.25) is 0 Å². The summed E-state index contributed by atoms with van der Waals surface area (Å²) >= 11 is 5.10. The van der Waals surface area contributed by atoms with Gasteiger partial charge in [0.15, 0.2) is 0 Å². The van der Waals surface area contributed by atoms with Crippen molar-refractivity contribution < 1.29 is 9.53 Å².